The molecule has 0 aliphatic carbocycles. The van der Waals surface area contributed by atoms with E-state index in [4.69, 9.17) is 4.74 Å². The molecule has 0 radical (unpaired) electrons. The second-order valence-electron chi connectivity index (χ2n) is 3.69. The van der Waals surface area contributed by atoms with E-state index in [0.29, 0.717) is 11.6 Å². The number of aromatic nitrogens is 1. The Morgan fingerprint density at radius 2 is 1.78 bits per heavy atom. The first-order valence-electron chi connectivity index (χ1n) is 5.41. The molecule has 90 valence electrons. The van der Waals surface area contributed by atoms with Gasteiger partial charge in [0.1, 0.15) is 5.75 Å². The van der Waals surface area contributed by atoms with Crippen molar-refractivity contribution < 1.29 is 14.3 Å². The minimum Gasteiger partial charge on any atom is -0.439 e. The standard InChI is InChI=1S/C14H11NO3/c1-10(16)14(17)11-7-8-13(15-9-11)18-12-5-3-2-4-6-12/h2-9H,1H3. The first-order chi connectivity index (χ1) is 8.66. The van der Waals surface area contributed by atoms with Gasteiger partial charge in [-0.2, -0.15) is 0 Å². The second-order valence-corrected chi connectivity index (χ2v) is 3.69. The normalized spacial score (nSPS) is 9.83. The van der Waals surface area contributed by atoms with Crippen molar-refractivity contribution in [2.45, 2.75) is 6.92 Å². The van der Waals surface area contributed by atoms with Crippen LogP contribution in [0.5, 0.6) is 11.6 Å². The Kier molecular flexibility index (Phi) is 3.48. The molecule has 1 heterocycles. The Balaban J connectivity index is 2.13. The number of Topliss-reactive ketones (excluding diaryl/α,β-unsaturated/α-hetero) is 2. The van der Waals surface area contributed by atoms with Crippen LogP contribution in [0.3, 0.4) is 0 Å². The Morgan fingerprint density at radius 3 is 2.33 bits per heavy atom. The quantitative estimate of drug-likeness (QED) is 0.610. The molecule has 0 saturated carbocycles. The highest BCUT2D eigenvalue weighted by molar-refractivity contribution is 6.42. The summed E-state index contributed by atoms with van der Waals surface area (Å²) in [5.41, 5.74) is 0.267. The maximum atomic E-state index is 11.4. The van der Waals surface area contributed by atoms with Crippen molar-refractivity contribution >= 4 is 11.6 Å². The number of hydrogen-bond donors (Lipinski definition) is 0. The Morgan fingerprint density at radius 1 is 1.06 bits per heavy atom. The lowest BCUT2D eigenvalue weighted by Gasteiger charge is -2.04. The predicted molar refractivity (Wildman–Crippen MR) is 65.8 cm³/mol. The van der Waals surface area contributed by atoms with E-state index >= 15 is 0 Å². The van der Waals surface area contributed by atoms with Crippen molar-refractivity contribution in [3.05, 3.63) is 54.2 Å². The van der Waals surface area contributed by atoms with Gasteiger partial charge in [0, 0.05) is 24.8 Å². The van der Waals surface area contributed by atoms with Gasteiger partial charge in [-0.3, -0.25) is 9.59 Å². The number of carbonyl (C=O) groups excluding carboxylic acids is 2. The number of pyridine rings is 1. The van der Waals surface area contributed by atoms with Crippen molar-refractivity contribution in [2.75, 3.05) is 0 Å². The molecule has 4 heteroatoms. The van der Waals surface area contributed by atoms with Gasteiger partial charge in [0.15, 0.2) is 5.78 Å². The lowest BCUT2D eigenvalue weighted by molar-refractivity contribution is -0.113. The summed E-state index contributed by atoms with van der Waals surface area (Å²) < 4.78 is 5.47. The van der Waals surface area contributed by atoms with Crippen LogP contribution >= 0.6 is 0 Å². The van der Waals surface area contributed by atoms with Crippen molar-refractivity contribution in [3.63, 3.8) is 0 Å². The predicted octanol–water partition coefficient (Wildman–Crippen LogP) is 2.65. The van der Waals surface area contributed by atoms with Crippen LogP contribution in [-0.2, 0) is 4.79 Å². The number of rotatable bonds is 4. The monoisotopic (exact) mass is 241 g/mol. The average molecular weight is 241 g/mol. The third-order valence-electron chi connectivity index (χ3n) is 2.28. The molecule has 0 amide bonds. The number of ether oxygens (including phenoxy) is 1. The molecule has 0 N–H and O–H groups in total. The summed E-state index contributed by atoms with van der Waals surface area (Å²) in [6.07, 6.45) is 1.34. The van der Waals surface area contributed by atoms with Gasteiger partial charge in [-0.1, -0.05) is 18.2 Å². The molecule has 0 aliphatic heterocycles. The largest absolute Gasteiger partial charge is 0.439 e. The Bertz CT molecular complexity index is 561. The van der Waals surface area contributed by atoms with E-state index < -0.39 is 11.6 Å². The summed E-state index contributed by atoms with van der Waals surface area (Å²) in [7, 11) is 0. The van der Waals surface area contributed by atoms with Gasteiger partial charge in [0.05, 0.1) is 0 Å². The van der Waals surface area contributed by atoms with Crippen LogP contribution in [0, 0.1) is 0 Å². The Hall–Kier alpha value is -2.49. The number of hydrogen-bond acceptors (Lipinski definition) is 4. The summed E-state index contributed by atoms with van der Waals surface area (Å²) in [5, 5.41) is 0. The molecule has 0 fully saturated rings. The maximum Gasteiger partial charge on any atom is 0.229 e. The molecular formula is C14H11NO3. The lowest BCUT2D eigenvalue weighted by atomic mass is 10.1. The fourth-order valence-electron chi connectivity index (χ4n) is 1.39. The van der Waals surface area contributed by atoms with Gasteiger partial charge in [0.2, 0.25) is 11.7 Å². The fourth-order valence-corrected chi connectivity index (χ4v) is 1.39. The minimum absolute atomic E-state index is 0.267. The molecule has 0 saturated heterocycles. The van der Waals surface area contributed by atoms with Crippen LogP contribution in [0.4, 0.5) is 0 Å². The molecule has 2 rings (SSSR count). The Labute approximate surface area is 104 Å². The first kappa shape index (κ1) is 12.0. The van der Waals surface area contributed by atoms with Crippen LogP contribution < -0.4 is 4.74 Å². The van der Waals surface area contributed by atoms with Gasteiger partial charge in [-0.05, 0) is 18.2 Å². The summed E-state index contributed by atoms with van der Waals surface area (Å²) in [6, 6.07) is 12.3. The van der Waals surface area contributed by atoms with Crippen molar-refractivity contribution in [1.82, 2.24) is 4.98 Å². The van der Waals surface area contributed by atoms with Crippen LogP contribution in [0.15, 0.2) is 48.7 Å². The summed E-state index contributed by atoms with van der Waals surface area (Å²) in [4.78, 5) is 26.3. The number of nitrogens with zero attached hydrogens (tertiary/aromatic N) is 1. The van der Waals surface area contributed by atoms with Crippen molar-refractivity contribution in [1.29, 1.82) is 0 Å². The van der Waals surface area contributed by atoms with E-state index in [1.807, 2.05) is 18.2 Å². The second kappa shape index (κ2) is 5.23. The number of para-hydroxylation sites is 1. The zero-order valence-corrected chi connectivity index (χ0v) is 9.79. The molecule has 1 aromatic heterocycles. The van der Waals surface area contributed by atoms with E-state index in [-0.39, 0.29) is 5.56 Å². The van der Waals surface area contributed by atoms with E-state index in [0.717, 1.165) is 0 Å². The summed E-state index contributed by atoms with van der Waals surface area (Å²) in [6.45, 7) is 1.23. The van der Waals surface area contributed by atoms with Gasteiger partial charge >= 0.3 is 0 Å². The SMILES string of the molecule is CC(=O)C(=O)c1ccc(Oc2ccccc2)nc1. The molecule has 1 aromatic carbocycles. The third kappa shape index (κ3) is 2.79. The summed E-state index contributed by atoms with van der Waals surface area (Å²) in [5.74, 6) is -0.0146. The van der Waals surface area contributed by atoms with Gasteiger partial charge < -0.3 is 4.74 Å². The molecular weight excluding hydrogens is 230 g/mol. The van der Waals surface area contributed by atoms with Gasteiger partial charge in [-0.15, -0.1) is 0 Å². The smallest absolute Gasteiger partial charge is 0.229 e. The highest BCUT2D eigenvalue weighted by Gasteiger charge is 2.11. The van der Waals surface area contributed by atoms with Crippen LogP contribution in [-0.4, -0.2) is 16.6 Å². The highest BCUT2D eigenvalue weighted by atomic mass is 16.5. The molecule has 2 aromatic rings. The van der Waals surface area contributed by atoms with Crippen molar-refractivity contribution in [2.24, 2.45) is 0 Å². The molecule has 0 spiro atoms. The minimum atomic E-state index is -0.547. The van der Waals surface area contributed by atoms with Crippen LogP contribution in [0.25, 0.3) is 0 Å². The molecule has 0 bridgehead atoms. The highest BCUT2D eigenvalue weighted by Crippen LogP contribution is 2.18. The van der Waals surface area contributed by atoms with E-state index in [2.05, 4.69) is 4.98 Å². The number of ketones is 2. The van der Waals surface area contributed by atoms with E-state index in [1.54, 1.807) is 18.2 Å². The maximum absolute atomic E-state index is 11.4. The number of benzene rings is 1. The molecule has 0 aliphatic rings. The lowest BCUT2D eigenvalue weighted by Crippen LogP contribution is -2.09. The van der Waals surface area contributed by atoms with Crippen LogP contribution in [0.2, 0.25) is 0 Å². The molecule has 4 nitrogen and oxygen atoms in total. The third-order valence-corrected chi connectivity index (χ3v) is 2.28. The fraction of sp³-hybridized carbons (Fsp3) is 0.0714. The summed E-state index contributed by atoms with van der Waals surface area (Å²) >= 11 is 0. The zero-order valence-electron chi connectivity index (χ0n) is 9.79. The van der Waals surface area contributed by atoms with Crippen LogP contribution in [0.1, 0.15) is 17.3 Å². The van der Waals surface area contributed by atoms with Gasteiger partial charge in [0.25, 0.3) is 0 Å². The van der Waals surface area contributed by atoms with Gasteiger partial charge in [-0.25, -0.2) is 4.98 Å². The topological polar surface area (TPSA) is 56.3 Å². The number of carbonyl (C=O) groups is 2. The van der Waals surface area contributed by atoms with E-state index in [9.17, 15) is 9.59 Å². The zero-order chi connectivity index (χ0) is 13.0. The average Bonchev–Trinajstić information content (AvgIpc) is 2.40. The first-order valence-corrected chi connectivity index (χ1v) is 5.41. The molecule has 0 unspecified atom stereocenters. The van der Waals surface area contributed by atoms with Crippen molar-refractivity contribution in [3.8, 4) is 11.6 Å². The molecule has 0 atom stereocenters. The van der Waals surface area contributed by atoms with E-state index in [1.165, 1.54) is 19.2 Å². The molecule has 18 heavy (non-hydrogen) atoms.